The summed E-state index contributed by atoms with van der Waals surface area (Å²) in [6.45, 7) is 9.15. The Morgan fingerprint density at radius 2 is 1.62 bits per heavy atom. The van der Waals surface area contributed by atoms with Crippen molar-refractivity contribution in [2.75, 3.05) is 45.6 Å². The lowest BCUT2D eigenvalue weighted by Crippen LogP contribution is -2.53. The van der Waals surface area contributed by atoms with Crippen LogP contribution in [0.15, 0.2) is 48.5 Å². The Bertz CT molecular complexity index is 2490. The van der Waals surface area contributed by atoms with Crippen LogP contribution in [0, 0.1) is 18.3 Å². The Hall–Kier alpha value is -7.30. The van der Waals surface area contributed by atoms with Crippen molar-refractivity contribution in [1.29, 1.82) is 5.26 Å². The number of ether oxygens (including phenoxy) is 2. The van der Waals surface area contributed by atoms with E-state index < -0.39 is 54.3 Å². The summed E-state index contributed by atoms with van der Waals surface area (Å²) >= 11 is 0. The molecule has 0 radical (unpaired) electrons. The van der Waals surface area contributed by atoms with Gasteiger partial charge in [-0.1, -0.05) is 32.9 Å². The fourth-order valence-corrected chi connectivity index (χ4v) is 7.12. The van der Waals surface area contributed by atoms with E-state index in [1.54, 1.807) is 30.3 Å². The number of carboxylic acid groups (broad SMARTS) is 1. The zero-order valence-electron chi connectivity index (χ0n) is 37.3. The van der Waals surface area contributed by atoms with Crippen LogP contribution in [0.5, 0.6) is 17.2 Å². The van der Waals surface area contributed by atoms with Crippen LogP contribution in [0.2, 0.25) is 0 Å². The Kier molecular flexibility index (Phi) is 15.7. The molecule has 4 aromatic rings. The number of carbonyl (C=O) groups is 5. The number of rotatable bonds is 14. The standard InChI is InChI=1S/C46H56N10O9/c1-24-37(40(50)55-41(52-24)30-11-10-29(46(3,4)5)19-28(30)22-49)43(60)51-23-36(57)56(6)38-27-20-32(39(58)35(21-27)65-16-8-14-48)31-17-26(9-12-34(31)64-15-7-13-47)18-33(45(62)63)54-42(59)25(2)53-44(38)61/h9-12,17,19-21,25,33,38,58H,7-8,13-16,18,23,47-48H2,1-6H3,(H,51,60)(H,53,61)(H,54,59)(H,62,63)(H2,50,52,55)/t25-,33-,38-/m0/s1. The number of phenols is 1. The zero-order chi connectivity index (χ0) is 47.7. The largest absolute Gasteiger partial charge is 0.504 e. The van der Waals surface area contributed by atoms with E-state index in [1.165, 1.54) is 33.0 Å². The molecule has 344 valence electrons. The number of aromatic hydroxyl groups is 1. The number of amides is 4. The van der Waals surface area contributed by atoms with Crippen LogP contribution < -0.4 is 42.6 Å². The van der Waals surface area contributed by atoms with Crippen LogP contribution in [-0.2, 0) is 31.0 Å². The molecule has 0 aliphatic carbocycles. The van der Waals surface area contributed by atoms with Crippen molar-refractivity contribution in [3.05, 3.63) is 82.0 Å². The predicted octanol–water partition coefficient (Wildman–Crippen LogP) is 2.59. The molecule has 0 fully saturated rings. The molecule has 11 N–H and O–H groups in total. The first-order valence-electron chi connectivity index (χ1n) is 21.0. The predicted molar refractivity (Wildman–Crippen MR) is 241 cm³/mol. The van der Waals surface area contributed by atoms with E-state index in [-0.39, 0.29) is 88.4 Å². The van der Waals surface area contributed by atoms with Crippen LogP contribution >= 0.6 is 0 Å². The number of anilines is 1. The second-order valence-electron chi connectivity index (χ2n) is 16.7. The van der Waals surface area contributed by atoms with Crippen molar-refractivity contribution < 1.29 is 43.7 Å². The van der Waals surface area contributed by atoms with Gasteiger partial charge in [0.05, 0.1) is 37.1 Å². The molecule has 65 heavy (non-hydrogen) atoms. The monoisotopic (exact) mass is 892 g/mol. The number of nitrogens with zero attached hydrogens (tertiary/aromatic N) is 4. The number of nitrogens with two attached hydrogens (primary N) is 3. The van der Waals surface area contributed by atoms with Gasteiger partial charge in [0.2, 0.25) is 17.7 Å². The van der Waals surface area contributed by atoms with Gasteiger partial charge in [-0.3, -0.25) is 19.2 Å². The minimum Gasteiger partial charge on any atom is -0.504 e. The number of aromatic nitrogens is 2. The number of aryl methyl sites for hydroxylation is 1. The molecule has 19 heteroatoms. The highest BCUT2D eigenvalue weighted by Crippen LogP contribution is 2.45. The molecular weight excluding hydrogens is 837 g/mol. The number of likely N-dealkylation sites (N-methyl/N-ethyl adjacent to an activating group) is 1. The summed E-state index contributed by atoms with van der Waals surface area (Å²) in [5, 5.41) is 39.4. The highest BCUT2D eigenvalue weighted by Gasteiger charge is 2.35. The van der Waals surface area contributed by atoms with E-state index in [0.29, 0.717) is 36.1 Å². The summed E-state index contributed by atoms with van der Waals surface area (Å²) < 4.78 is 12.1. The lowest BCUT2D eigenvalue weighted by atomic mass is 9.85. The van der Waals surface area contributed by atoms with Gasteiger partial charge in [-0.15, -0.1) is 0 Å². The summed E-state index contributed by atoms with van der Waals surface area (Å²) in [6, 6.07) is 11.0. The minimum atomic E-state index is -1.54. The number of benzene rings is 3. The lowest BCUT2D eigenvalue weighted by molar-refractivity contribution is -0.142. The lowest BCUT2D eigenvalue weighted by Gasteiger charge is -2.30. The number of nitriles is 1. The van der Waals surface area contributed by atoms with Gasteiger partial charge in [0.15, 0.2) is 17.3 Å². The number of aliphatic carboxylic acids is 1. The highest BCUT2D eigenvalue weighted by molar-refractivity contribution is 6.02. The third-order valence-electron chi connectivity index (χ3n) is 10.8. The summed E-state index contributed by atoms with van der Waals surface area (Å²) in [7, 11) is 1.31. The Morgan fingerprint density at radius 3 is 2.23 bits per heavy atom. The molecular formula is C46H56N10O9. The third-order valence-corrected chi connectivity index (χ3v) is 10.8. The molecule has 4 amide bonds. The summed E-state index contributed by atoms with van der Waals surface area (Å²) in [5.41, 5.74) is 20.3. The van der Waals surface area contributed by atoms with E-state index in [1.807, 2.05) is 26.8 Å². The molecule has 19 nitrogen and oxygen atoms in total. The van der Waals surface area contributed by atoms with Gasteiger partial charge >= 0.3 is 5.97 Å². The number of nitrogens with one attached hydrogen (secondary N) is 3. The second kappa shape index (κ2) is 20.9. The number of phenolic OH excluding ortho intramolecular Hbond substituents is 1. The van der Waals surface area contributed by atoms with Gasteiger partial charge in [-0.2, -0.15) is 5.26 Å². The molecule has 1 aromatic heterocycles. The Labute approximate surface area is 376 Å². The number of fused-ring (bicyclic) bond motifs is 5. The highest BCUT2D eigenvalue weighted by atomic mass is 16.5. The van der Waals surface area contributed by atoms with E-state index >= 15 is 0 Å². The molecule has 0 saturated carbocycles. The maximum atomic E-state index is 14.4. The van der Waals surface area contributed by atoms with Crippen LogP contribution in [0.1, 0.15) is 84.9 Å². The molecule has 0 unspecified atom stereocenters. The number of hydrogen-bond acceptors (Lipinski definition) is 14. The van der Waals surface area contributed by atoms with Gasteiger partial charge in [-0.05, 0) is 98.3 Å². The van der Waals surface area contributed by atoms with E-state index in [4.69, 9.17) is 26.7 Å². The molecule has 3 aromatic carbocycles. The molecule has 1 aliphatic rings. The summed E-state index contributed by atoms with van der Waals surface area (Å²) in [4.78, 5) is 77.9. The first-order chi connectivity index (χ1) is 30.8. The molecule has 0 saturated heterocycles. The second-order valence-corrected chi connectivity index (χ2v) is 16.7. The quantitative estimate of drug-likeness (QED) is 0.0844. The fraction of sp³-hybridized carbons (Fsp3) is 0.391. The first-order valence-corrected chi connectivity index (χ1v) is 21.0. The number of nitrogen functional groups attached to an aromatic ring is 1. The van der Waals surface area contributed by atoms with Crippen LogP contribution in [-0.4, -0.2) is 107 Å². The van der Waals surface area contributed by atoms with Gasteiger partial charge in [0, 0.05) is 30.2 Å². The van der Waals surface area contributed by atoms with Gasteiger partial charge in [0.25, 0.3) is 5.91 Å². The van der Waals surface area contributed by atoms with E-state index in [2.05, 4.69) is 32.0 Å². The maximum Gasteiger partial charge on any atom is 0.326 e. The molecule has 1 aliphatic heterocycles. The number of carbonyl (C=O) groups excluding carboxylic acids is 4. The van der Waals surface area contributed by atoms with Crippen molar-refractivity contribution in [2.24, 2.45) is 11.5 Å². The molecule has 2 heterocycles. The van der Waals surface area contributed by atoms with Gasteiger partial charge in [-0.25, -0.2) is 14.8 Å². The number of hydrogen-bond donors (Lipinski definition) is 8. The molecule has 4 bridgehead atoms. The smallest absolute Gasteiger partial charge is 0.326 e. The Morgan fingerprint density at radius 1 is 0.938 bits per heavy atom. The maximum absolute atomic E-state index is 14.4. The summed E-state index contributed by atoms with van der Waals surface area (Å²) in [5.74, 6) is -4.79. The van der Waals surface area contributed by atoms with Crippen LogP contribution in [0.3, 0.4) is 0 Å². The van der Waals surface area contributed by atoms with Crippen molar-refractivity contribution in [3.63, 3.8) is 0 Å². The molecule has 0 spiro atoms. The number of carboxylic acids is 1. The normalized spacial score (nSPS) is 16.3. The topological polar surface area (TPSA) is 311 Å². The van der Waals surface area contributed by atoms with Crippen LogP contribution in [0.4, 0.5) is 5.82 Å². The molecule has 3 atom stereocenters. The van der Waals surface area contributed by atoms with Crippen molar-refractivity contribution >= 4 is 35.4 Å². The fourth-order valence-electron chi connectivity index (χ4n) is 7.12. The molecule has 5 rings (SSSR count). The minimum absolute atomic E-state index is 0.0677. The van der Waals surface area contributed by atoms with Crippen molar-refractivity contribution in [1.82, 2.24) is 30.8 Å². The van der Waals surface area contributed by atoms with Gasteiger partial charge < -0.3 is 57.7 Å². The average molecular weight is 893 g/mol. The first kappa shape index (κ1) is 48.7. The zero-order valence-corrected chi connectivity index (χ0v) is 37.3. The third kappa shape index (κ3) is 11.5. The Balaban J connectivity index is 1.54. The van der Waals surface area contributed by atoms with Crippen molar-refractivity contribution in [3.8, 4) is 45.8 Å². The van der Waals surface area contributed by atoms with E-state index in [9.17, 15) is 39.4 Å². The van der Waals surface area contributed by atoms with Crippen LogP contribution in [0.25, 0.3) is 22.5 Å². The average Bonchev–Trinajstić information content (AvgIpc) is 3.25. The van der Waals surface area contributed by atoms with E-state index in [0.717, 1.165) is 10.5 Å². The summed E-state index contributed by atoms with van der Waals surface area (Å²) in [6.07, 6.45) is 0.715. The van der Waals surface area contributed by atoms with Crippen molar-refractivity contribution in [2.45, 2.75) is 77.4 Å². The SMILES string of the molecule is Cc1nc(-c2ccc(C(C)(C)C)cc2C#N)nc(N)c1C(=O)NCC(=O)N(C)[C@@H]1C(=O)N[C@@H](C)C(=O)N[C@H](C(=O)O)Cc2ccc(OCCCN)c(c2)-c2cc1cc(OCCCN)c2O. The van der Waals surface area contributed by atoms with Gasteiger partial charge in [0.1, 0.15) is 35.3 Å².